The molecular formula is C21H23N3O2. The molecule has 1 atom stereocenters. The Morgan fingerprint density at radius 2 is 1.96 bits per heavy atom. The first-order valence-electron chi connectivity index (χ1n) is 9.24. The molecule has 1 heterocycles. The largest absolute Gasteiger partial charge is 0.351 e. The number of carbonyl (C=O) groups excluding carboxylic acids is 2. The Bertz CT molecular complexity index is 816. The van der Waals surface area contributed by atoms with E-state index in [1.807, 2.05) is 12.1 Å². The summed E-state index contributed by atoms with van der Waals surface area (Å²) in [4.78, 5) is 25.9. The van der Waals surface area contributed by atoms with Gasteiger partial charge in [0, 0.05) is 36.8 Å². The van der Waals surface area contributed by atoms with Crippen molar-refractivity contribution in [1.29, 1.82) is 0 Å². The number of rotatable bonds is 4. The molecule has 5 heteroatoms. The van der Waals surface area contributed by atoms with Gasteiger partial charge < -0.3 is 10.6 Å². The highest BCUT2D eigenvalue weighted by Crippen LogP contribution is 2.30. The van der Waals surface area contributed by atoms with Gasteiger partial charge in [-0.15, -0.1) is 0 Å². The molecule has 1 unspecified atom stereocenters. The number of hydrogen-bond donors (Lipinski definition) is 2. The van der Waals surface area contributed by atoms with Crippen molar-refractivity contribution < 1.29 is 9.59 Å². The lowest BCUT2D eigenvalue weighted by molar-refractivity contribution is 0.0950. The Morgan fingerprint density at radius 3 is 2.73 bits per heavy atom. The fourth-order valence-corrected chi connectivity index (χ4v) is 3.90. The Morgan fingerprint density at radius 1 is 1.15 bits per heavy atom. The molecule has 0 saturated carbocycles. The number of amides is 3. The van der Waals surface area contributed by atoms with E-state index in [1.54, 1.807) is 17.0 Å². The van der Waals surface area contributed by atoms with E-state index in [4.69, 9.17) is 0 Å². The molecule has 1 aliphatic carbocycles. The normalized spacial score (nSPS) is 19.0. The second kappa shape index (κ2) is 7.20. The number of fused-ring (bicyclic) bond motifs is 1. The van der Waals surface area contributed by atoms with Crippen LogP contribution >= 0.6 is 0 Å². The molecule has 0 aromatic heterocycles. The third-order valence-corrected chi connectivity index (χ3v) is 5.30. The van der Waals surface area contributed by atoms with Crippen molar-refractivity contribution in [3.8, 4) is 0 Å². The number of nitrogens with one attached hydrogen (secondary N) is 2. The highest BCUT2D eigenvalue weighted by molar-refractivity contribution is 5.97. The van der Waals surface area contributed by atoms with E-state index in [-0.39, 0.29) is 11.9 Å². The molecule has 134 valence electrons. The zero-order valence-corrected chi connectivity index (χ0v) is 14.7. The van der Waals surface area contributed by atoms with Crippen LogP contribution in [0.5, 0.6) is 0 Å². The van der Waals surface area contributed by atoms with E-state index in [0.29, 0.717) is 31.1 Å². The quantitative estimate of drug-likeness (QED) is 0.891. The summed E-state index contributed by atoms with van der Waals surface area (Å²) in [5.41, 5.74) is 4.22. The summed E-state index contributed by atoms with van der Waals surface area (Å²) in [6.45, 7) is 1.97. The fraction of sp³-hybridized carbons (Fsp3) is 0.333. The first-order chi connectivity index (χ1) is 12.7. The van der Waals surface area contributed by atoms with E-state index in [0.717, 1.165) is 18.5 Å². The third-order valence-electron chi connectivity index (χ3n) is 5.30. The van der Waals surface area contributed by atoms with Crippen LogP contribution in [-0.4, -0.2) is 31.6 Å². The van der Waals surface area contributed by atoms with Crippen LogP contribution in [0.3, 0.4) is 0 Å². The maximum absolute atomic E-state index is 12.5. The van der Waals surface area contributed by atoms with E-state index in [2.05, 4.69) is 34.9 Å². The highest BCUT2D eigenvalue weighted by Gasteiger charge is 2.22. The van der Waals surface area contributed by atoms with E-state index in [1.165, 1.54) is 17.5 Å². The molecule has 2 aliphatic rings. The van der Waals surface area contributed by atoms with Gasteiger partial charge in [-0.1, -0.05) is 24.3 Å². The van der Waals surface area contributed by atoms with Crippen molar-refractivity contribution in [3.05, 3.63) is 65.2 Å². The average molecular weight is 349 g/mol. The second-order valence-electron chi connectivity index (χ2n) is 6.93. The molecule has 1 aliphatic heterocycles. The number of hydrogen-bond acceptors (Lipinski definition) is 2. The van der Waals surface area contributed by atoms with Crippen LogP contribution in [0, 0.1) is 0 Å². The molecular weight excluding hydrogens is 326 g/mol. The number of anilines is 1. The van der Waals surface area contributed by atoms with Crippen LogP contribution < -0.4 is 15.5 Å². The Labute approximate surface area is 153 Å². The van der Waals surface area contributed by atoms with E-state index < -0.39 is 0 Å². The van der Waals surface area contributed by atoms with Gasteiger partial charge in [0.2, 0.25) is 0 Å². The maximum Gasteiger partial charge on any atom is 0.321 e. The van der Waals surface area contributed by atoms with Crippen molar-refractivity contribution in [2.75, 3.05) is 24.5 Å². The molecule has 0 spiro atoms. The molecule has 5 nitrogen and oxygen atoms in total. The van der Waals surface area contributed by atoms with Gasteiger partial charge in [-0.2, -0.15) is 0 Å². The maximum atomic E-state index is 12.5. The van der Waals surface area contributed by atoms with Crippen molar-refractivity contribution in [1.82, 2.24) is 10.6 Å². The summed E-state index contributed by atoms with van der Waals surface area (Å²) in [5, 5.41) is 5.85. The SMILES string of the molecule is O=C(NCC1CCCc2ccccc21)c1ccc(N2CCNC2=O)cc1. The molecule has 1 fully saturated rings. The van der Waals surface area contributed by atoms with Crippen molar-refractivity contribution in [2.24, 2.45) is 0 Å². The molecule has 2 N–H and O–H groups in total. The summed E-state index contributed by atoms with van der Waals surface area (Å²) in [6, 6.07) is 15.7. The van der Waals surface area contributed by atoms with Gasteiger partial charge in [-0.05, 0) is 54.7 Å². The Balaban J connectivity index is 1.39. The molecule has 2 aromatic rings. The molecule has 1 saturated heterocycles. The predicted molar refractivity (Wildman–Crippen MR) is 102 cm³/mol. The lowest BCUT2D eigenvalue weighted by atomic mass is 9.83. The van der Waals surface area contributed by atoms with Gasteiger partial charge in [-0.3, -0.25) is 9.69 Å². The summed E-state index contributed by atoms with van der Waals surface area (Å²) in [5.74, 6) is 0.321. The molecule has 2 aromatic carbocycles. The minimum absolute atomic E-state index is 0.0644. The number of aryl methyl sites for hydroxylation is 1. The molecule has 3 amide bonds. The summed E-state index contributed by atoms with van der Waals surface area (Å²) in [6.07, 6.45) is 3.41. The van der Waals surface area contributed by atoms with Gasteiger partial charge in [-0.25, -0.2) is 4.79 Å². The van der Waals surface area contributed by atoms with Crippen molar-refractivity contribution >= 4 is 17.6 Å². The minimum Gasteiger partial charge on any atom is -0.351 e. The number of carbonyl (C=O) groups is 2. The summed E-state index contributed by atoms with van der Waals surface area (Å²) in [7, 11) is 0. The Hall–Kier alpha value is -2.82. The molecule has 26 heavy (non-hydrogen) atoms. The predicted octanol–water partition coefficient (Wildman–Crippen LogP) is 3.07. The van der Waals surface area contributed by atoms with Crippen LogP contribution in [0.2, 0.25) is 0 Å². The average Bonchev–Trinajstić information content (AvgIpc) is 3.12. The monoisotopic (exact) mass is 349 g/mol. The van der Waals surface area contributed by atoms with Crippen LogP contribution in [-0.2, 0) is 6.42 Å². The van der Waals surface area contributed by atoms with Gasteiger partial charge in [0.1, 0.15) is 0 Å². The van der Waals surface area contributed by atoms with Gasteiger partial charge >= 0.3 is 6.03 Å². The smallest absolute Gasteiger partial charge is 0.321 e. The summed E-state index contributed by atoms with van der Waals surface area (Å²) < 4.78 is 0. The van der Waals surface area contributed by atoms with E-state index in [9.17, 15) is 9.59 Å². The van der Waals surface area contributed by atoms with Crippen LogP contribution in [0.1, 0.15) is 40.2 Å². The summed E-state index contributed by atoms with van der Waals surface area (Å²) >= 11 is 0. The van der Waals surface area contributed by atoms with Gasteiger partial charge in [0.25, 0.3) is 5.91 Å². The zero-order valence-electron chi connectivity index (χ0n) is 14.7. The lowest BCUT2D eigenvalue weighted by Gasteiger charge is -2.25. The van der Waals surface area contributed by atoms with E-state index >= 15 is 0 Å². The number of urea groups is 1. The first kappa shape index (κ1) is 16.6. The van der Waals surface area contributed by atoms with Crippen LogP contribution in [0.4, 0.5) is 10.5 Å². The fourth-order valence-electron chi connectivity index (χ4n) is 3.90. The van der Waals surface area contributed by atoms with Crippen LogP contribution in [0.25, 0.3) is 0 Å². The Kier molecular flexibility index (Phi) is 4.61. The van der Waals surface area contributed by atoms with Crippen molar-refractivity contribution in [2.45, 2.75) is 25.2 Å². The second-order valence-corrected chi connectivity index (χ2v) is 6.93. The van der Waals surface area contributed by atoms with Gasteiger partial charge in [0.05, 0.1) is 0 Å². The molecule has 0 radical (unpaired) electrons. The minimum atomic E-state index is -0.0850. The number of benzene rings is 2. The van der Waals surface area contributed by atoms with Gasteiger partial charge in [0.15, 0.2) is 0 Å². The molecule has 0 bridgehead atoms. The lowest BCUT2D eigenvalue weighted by Crippen LogP contribution is -2.30. The standard InChI is InChI=1S/C21H23N3O2/c25-20(16-8-10-18(11-9-16)24-13-12-22-21(24)26)23-14-17-6-3-5-15-4-1-2-7-19(15)17/h1-2,4,7-11,17H,3,5-6,12-14H2,(H,22,26)(H,23,25). The van der Waals surface area contributed by atoms with Crippen molar-refractivity contribution in [3.63, 3.8) is 0 Å². The zero-order chi connectivity index (χ0) is 17.9. The highest BCUT2D eigenvalue weighted by atomic mass is 16.2. The topological polar surface area (TPSA) is 61.4 Å². The number of nitrogens with zero attached hydrogens (tertiary/aromatic N) is 1. The third kappa shape index (κ3) is 3.29. The first-order valence-corrected chi connectivity index (χ1v) is 9.24. The van der Waals surface area contributed by atoms with Crippen LogP contribution in [0.15, 0.2) is 48.5 Å². The molecule has 4 rings (SSSR count).